The molecule has 26 heavy (non-hydrogen) atoms. The molecule has 0 radical (unpaired) electrons. The van der Waals surface area contributed by atoms with E-state index in [4.69, 9.17) is 0 Å². The van der Waals surface area contributed by atoms with Crippen LogP contribution in [0.15, 0.2) is 58.9 Å². The molecule has 1 aliphatic heterocycles. The third kappa shape index (κ3) is 3.11. The van der Waals surface area contributed by atoms with Crippen LogP contribution in [0.1, 0.15) is 26.2 Å². The van der Waals surface area contributed by atoms with Gasteiger partial charge in [0.25, 0.3) is 0 Å². The third-order valence-electron chi connectivity index (χ3n) is 4.78. The monoisotopic (exact) mass is 387 g/mol. The van der Waals surface area contributed by atoms with Crippen LogP contribution in [0.5, 0.6) is 0 Å². The Morgan fingerprint density at radius 3 is 2.62 bits per heavy atom. The highest BCUT2D eigenvalue weighted by Crippen LogP contribution is 2.34. The van der Waals surface area contributed by atoms with Gasteiger partial charge in [-0.1, -0.05) is 30.7 Å². The maximum Gasteiger partial charge on any atom is 0.247 e. The van der Waals surface area contributed by atoms with Crippen LogP contribution in [0.4, 0.5) is 0 Å². The van der Waals surface area contributed by atoms with Crippen molar-refractivity contribution in [3.63, 3.8) is 0 Å². The Hall–Kier alpha value is -1.96. The van der Waals surface area contributed by atoms with Crippen LogP contribution in [0.3, 0.4) is 0 Å². The van der Waals surface area contributed by atoms with Crippen molar-refractivity contribution in [1.29, 1.82) is 0 Å². The number of thiophene rings is 1. The molecular formula is C19H21N3O2S2. The number of para-hydroxylation sites is 1. The van der Waals surface area contributed by atoms with E-state index < -0.39 is 10.0 Å². The molecule has 136 valence electrons. The first kappa shape index (κ1) is 17.5. The van der Waals surface area contributed by atoms with Gasteiger partial charge >= 0.3 is 0 Å². The second-order valence-electron chi connectivity index (χ2n) is 6.56. The van der Waals surface area contributed by atoms with Crippen molar-refractivity contribution >= 4 is 21.4 Å². The van der Waals surface area contributed by atoms with Crippen molar-refractivity contribution in [3.05, 3.63) is 54.0 Å². The number of sulfonamides is 1. The first-order valence-corrected chi connectivity index (χ1v) is 11.1. The van der Waals surface area contributed by atoms with E-state index in [-0.39, 0.29) is 10.9 Å². The summed E-state index contributed by atoms with van der Waals surface area (Å²) in [4.78, 5) is 1.15. The van der Waals surface area contributed by atoms with Gasteiger partial charge in [-0.15, -0.1) is 11.3 Å². The predicted molar refractivity (Wildman–Crippen MR) is 104 cm³/mol. The SMILES string of the molecule is CC1CCCCN1S(=O)(=O)c1cn(-c2ccccc2)nc1-c1cccs1. The van der Waals surface area contributed by atoms with Crippen LogP contribution in [-0.4, -0.2) is 35.1 Å². The minimum Gasteiger partial charge on any atom is -0.239 e. The Balaban J connectivity index is 1.85. The second-order valence-corrected chi connectivity index (χ2v) is 9.37. The summed E-state index contributed by atoms with van der Waals surface area (Å²) in [7, 11) is -3.60. The molecule has 5 nitrogen and oxygen atoms in total. The zero-order valence-electron chi connectivity index (χ0n) is 14.6. The van der Waals surface area contributed by atoms with Crippen LogP contribution in [-0.2, 0) is 10.0 Å². The summed E-state index contributed by atoms with van der Waals surface area (Å²) in [5.41, 5.74) is 1.38. The molecule has 0 bridgehead atoms. The van der Waals surface area contributed by atoms with Gasteiger partial charge in [-0.2, -0.15) is 9.40 Å². The Morgan fingerprint density at radius 2 is 1.92 bits per heavy atom. The van der Waals surface area contributed by atoms with Gasteiger partial charge in [-0.05, 0) is 43.3 Å². The summed E-state index contributed by atoms with van der Waals surface area (Å²) in [5.74, 6) is 0. The molecule has 7 heteroatoms. The summed E-state index contributed by atoms with van der Waals surface area (Å²) in [6.07, 6.45) is 4.54. The van der Waals surface area contributed by atoms with Gasteiger partial charge in [0.2, 0.25) is 10.0 Å². The topological polar surface area (TPSA) is 55.2 Å². The molecular weight excluding hydrogens is 366 g/mol. The van der Waals surface area contributed by atoms with Crippen molar-refractivity contribution in [1.82, 2.24) is 14.1 Å². The normalized spacial score (nSPS) is 18.9. The van der Waals surface area contributed by atoms with E-state index in [1.165, 1.54) is 11.3 Å². The molecule has 1 aromatic carbocycles. The molecule has 1 saturated heterocycles. The third-order valence-corrected chi connectivity index (χ3v) is 7.68. The largest absolute Gasteiger partial charge is 0.247 e. The van der Waals surface area contributed by atoms with Gasteiger partial charge < -0.3 is 0 Å². The fraction of sp³-hybridized carbons (Fsp3) is 0.316. The lowest BCUT2D eigenvalue weighted by Crippen LogP contribution is -2.41. The van der Waals surface area contributed by atoms with Crippen molar-refractivity contribution in [2.24, 2.45) is 0 Å². The Morgan fingerprint density at radius 1 is 1.12 bits per heavy atom. The lowest BCUT2D eigenvalue weighted by Gasteiger charge is -2.32. The Kier molecular flexibility index (Phi) is 4.69. The van der Waals surface area contributed by atoms with Crippen molar-refractivity contribution in [2.45, 2.75) is 37.1 Å². The van der Waals surface area contributed by atoms with E-state index in [1.54, 1.807) is 15.2 Å². The number of hydrogen-bond donors (Lipinski definition) is 0. The number of aromatic nitrogens is 2. The van der Waals surface area contributed by atoms with Gasteiger partial charge in [-0.25, -0.2) is 13.1 Å². The van der Waals surface area contributed by atoms with E-state index in [0.717, 1.165) is 29.8 Å². The van der Waals surface area contributed by atoms with Crippen LogP contribution >= 0.6 is 11.3 Å². The van der Waals surface area contributed by atoms with Gasteiger partial charge in [0.05, 0.1) is 16.8 Å². The molecule has 1 aliphatic rings. The summed E-state index contributed by atoms with van der Waals surface area (Å²) < 4.78 is 30.2. The zero-order valence-corrected chi connectivity index (χ0v) is 16.2. The molecule has 0 spiro atoms. The van der Waals surface area contributed by atoms with Crippen LogP contribution in [0.2, 0.25) is 0 Å². The Labute approximate surface area is 157 Å². The molecule has 3 aromatic rings. The molecule has 0 saturated carbocycles. The molecule has 1 atom stereocenters. The van der Waals surface area contributed by atoms with Gasteiger partial charge in [0, 0.05) is 12.6 Å². The average Bonchev–Trinajstić information content (AvgIpc) is 3.32. The first-order valence-electron chi connectivity index (χ1n) is 8.78. The van der Waals surface area contributed by atoms with Crippen LogP contribution < -0.4 is 0 Å². The predicted octanol–water partition coefficient (Wildman–Crippen LogP) is 4.16. The quantitative estimate of drug-likeness (QED) is 0.675. The van der Waals surface area contributed by atoms with E-state index in [0.29, 0.717) is 12.2 Å². The number of piperidine rings is 1. The number of nitrogens with zero attached hydrogens (tertiary/aromatic N) is 3. The lowest BCUT2D eigenvalue weighted by atomic mass is 10.1. The fourth-order valence-electron chi connectivity index (χ4n) is 3.40. The molecule has 0 amide bonds. The molecule has 2 aromatic heterocycles. The maximum absolute atomic E-state index is 13.4. The molecule has 1 fully saturated rings. The summed E-state index contributed by atoms with van der Waals surface area (Å²) in [5, 5.41) is 6.57. The molecule has 3 heterocycles. The van der Waals surface area contributed by atoms with E-state index >= 15 is 0 Å². The van der Waals surface area contributed by atoms with E-state index in [9.17, 15) is 8.42 Å². The summed E-state index contributed by atoms with van der Waals surface area (Å²) >= 11 is 1.50. The highest BCUT2D eigenvalue weighted by Gasteiger charge is 2.34. The maximum atomic E-state index is 13.4. The highest BCUT2D eigenvalue weighted by atomic mass is 32.2. The standard InChI is InChI=1S/C19H21N3O2S2/c1-15-8-5-6-12-22(15)26(23,24)18-14-21(16-9-3-2-4-10-16)20-19(18)17-11-7-13-25-17/h2-4,7,9-11,13-15H,5-6,8,12H2,1H3. The van der Waals surface area contributed by atoms with Crippen molar-refractivity contribution < 1.29 is 8.42 Å². The van der Waals surface area contributed by atoms with Gasteiger partial charge in [0.15, 0.2) is 0 Å². The fourth-order valence-corrected chi connectivity index (χ4v) is 6.02. The lowest BCUT2D eigenvalue weighted by molar-refractivity contribution is 0.269. The van der Waals surface area contributed by atoms with E-state index in [1.807, 2.05) is 54.8 Å². The van der Waals surface area contributed by atoms with Crippen LogP contribution in [0, 0.1) is 0 Å². The number of hydrogen-bond acceptors (Lipinski definition) is 4. The van der Waals surface area contributed by atoms with Crippen LogP contribution in [0.25, 0.3) is 16.3 Å². The van der Waals surface area contributed by atoms with E-state index in [2.05, 4.69) is 5.10 Å². The van der Waals surface area contributed by atoms with Gasteiger partial charge in [0.1, 0.15) is 10.6 Å². The molecule has 0 N–H and O–H groups in total. The van der Waals surface area contributed by atoms with Crippen molar-refractivity contribution in [2.75, 3.05) is 6.54 Å². The second kappa shape index (κ2) is 6.98. The first-order chi connectivity index (χ1) is 12.6. The smallest absolute Gasteiger partial charge is 0.239 e. The average molecular weight is 388 g/mol. The number of benzene rings is 1. The van der Waals surface area contributed by atoms with Crippen molar-refractivity contribution in [3.8, 4) is 16.3 Å². The Bertz CT molecular complexity index is 979. The highest BCUT2D eigenvalue weighted by molar-refractivity contribution is 7.89. The zero-order chi connectivity index (χ0) is 18.1. The molecule has 1 unspecified atom stereocenters. The summed E-state index contributed by atoms with van der Waals surface area (Å²) in [6, 6.07) is 13.5. The summed E-state index contributed by atoms with van der Waals surface area (Å²) in [6.45, 7) is 2.56. The number of rotatable bonds is 4. The molecule has 4 rings (SSSR count). The minimum absolute atomic E-state index is 0.0185. The van der Waals surface area contributed by atoms with Gasteiger partial charge in [-0.3, -0.25) is 0 Å². The minimum atomic E-state index is -3.60. The molecule has 0 aliphatic carbocycles.